The summed E-state index contributed by atoms with van der Waals surface area (Å²) >= 11 is 0. The molecular weight excluding hydrogens is 396 g/mol. The molecule has 0 fully saturated rings. The van der Waals surface area contributed by atoms with Crippen LogP contribution < -0.4 is 21.9 Å². The number of carbonyl (C=O) groups excluding carboxylic acids is 1. The predicted octanol–water partition coefficient (Wildman–Crippen LogP) is 2.01. The number of carbonyl (C=O) groups is 1. The number of hydrogen-bond acceptors (Lipinski definition) is 5. The van der Waals surface area contributed by atoms with Crippen LogP contribution in [0, 0.1) is 0 Å². The minimum absolute atomic E-state index is 0.0812. The van der Waals surface area contributed by atoms with Crippen LogP contribution in [-0.4, -0.2) is 29.2 Å². The second-order valence-electron chi connectivity index (χ2n) is 6.79. The van der Waals surface area contributed by atoms with Gasteiger partial charge >= 0.3 is 5.69 Å². The van der Waals surface area contributed by atoms with Crippen LogP contribution in [0.5, 0.6) is 0 Å². The Kier molecular flexibility index (Phi) is 7.18. The first-order valence-electron chi connectivity index (χ1n) is 9.71. The lowest BCUT2D eigenvalue weighted by atomic mass is 10.2. The molecule has 8 heteroatoms. The molecule has 0 bridgehead atoms. The van der Waals surface area contributed by atoms with Gasteiger partial charge in [0.1, 0.15) is 5.82 Å². The first-order chi connectivity index (χ1) is 15.0. The molecule has 1 aromatic heterocycles. The van der Waals surface area contributed by atoms with E-state index in [2.05, 4.69) is 4.98 Å². The number of benzene rings is 2. The highest BCUT2D eigenvalue weighted by Crippen LogP contribution is 2.20. The van der Waals surface area contributed by atoms with Crippen LogP contribution in [0.25, 0.3) is 6.08 Å². The lowest BCUT2D eigenvalue weighted by Gasteiger charge is -2.23. The zero-order valence-corrected chi connectivity index (χ0v) is 17.2. The topological polar surface area (TPSA) is 110 Å². The number of nitrogens with two attached hydrogens (primary N) is 1. The number of amides is 1. The van der Waals surface area contributed by atoms with E-state index < -0.39 is 17.2 Å². The van der Waals surface area contributed by atoms with Crippen LogP contribution in [0.15, 0.2) is 76.3 Å². The Morgan fingerprint density at radius 3 is 2.39 bits per heavy atom. The van der Waals surface area contributed by atoms with E-state index in [1.54, 1.807) is 6.08 Å². The van der Waals surface area contributed by atoms with Crippen molar-refractivity contribution in [1.82, 2.24) is 9.55 Å². The highest BCUT2D eigenvalue weighted by atomic mass is 16.5. The predicted molar refractivity (Wildman–Crippen MR) is 121 cm³/mol. The minimum Gasteiger partial charge on any atom is -0.383 e. The average Bonchev–Trinajstić information content (AvgIpc) is 2.78. The molecule has 2 aromatic carbocycles. The molecule has 0 aliphatic heterocycles. The van der Waals surface area contributed by atoms with Gasteiger partial charge in [0.2, 0.25) is 0 Å². The van der Waals surface area contributed by atoms with Crippen LogP contribution in [0.4, 0.5) is 11.5 Å². The van der Waals surface area contributed by atoms with Crippen molar-refractivity contribution < 1.29 is 9.53 Å². The number of anilines is 2. The summed E-state index contributed by atoms with van der Waals surface area (Å²) in [5.41, 5.74) is 6.37. The van der Waals surface area contributed by atoms with Crippen molar-refractivity contribution in [3.63, 3.8) is 0 Å². The number of methoxy groups -OCH3 is 1. The lowest BCUT2D eigenvalue weighted by Crippen LogP contribution is -2.40. The van der Waals surface area contributed by atoms with E-state index in [0.29, 0.717) is 0 Å². The second-order valence-corrected chi connectivity index (χ2v) is 6.79. The molecule has 0 spiro atoms. The summed E-state index contributed by atoms with van der Waals surface area (Å²) in [5.74, 6) is -0.537. The Hall–Kier alpha value is -3.91. The monoisotopic (exact) mass is 420 g/mol. The number of nitrogens with zero attached hydrogens (tertiary/aromatic N) is 2. The van der Waals surface area contributed by atoms with Crippen molar-refractivity contribution >= 4 is 23.5 Å². The van der Waals surface area contributed by atoms with Crippen molar-refractivity contribution in [2.24, 2.45) is 0 Å². The summed E-state index contributed by atoms with van der Waals surface area (Å²) in [7, 11) is 1.49. The molecule has 0 saturated heterocycles. The third kappa shape index (κ3) is 5.37. The first-order valence-corrected chi connectivity index (χ1v) is 9.71. The number of aromatic amines is 1. The summed E-state index contributed by atoms with van der Waals surface area (Å²) in [4.78, 5) is 41.6. The number of ether oxygens (including phenoxy) is 1. The fraction of sp³-hybridized carbons (Fsp3) is 0.174. The van der Waals surface area contributed by atoms with Crippen LogP contribution in [-0.2, 0) is 22.6 Å². The van der Waals surface area contributed by atoms with E-state index in [0.717, 1.165) is 11.1 Å². The zero-order valence-electron chi connectivity index (χ0n) is 17.2. The summed E-state index contributed by atoms with van der Waals surface area (Å²) in [6.45, 7) is 0.461. The maximum atomic E-state index is 13.2. The number of hydrogen-bond donors (Lipinski definition) is 2. The Morgan fingerprint density at radius 2 is 1.74 bits per heavy atom. The Morgan fingerprint density at radius 1 is 1.10 bits per heavy atom. The standard InChI is InChI=1S/C23H24N4O4/c1-31-15-14-26-21(24)20(22(29)25-23(26)30)27(16-18-10-6-3-7-11-18)19(28)13-12-17-8-4-2-5-9-17/h2-13H,14-16,24H2,1H3,(H,25,29,30)/b13-12+. The van der Waals surface area contributed by atoms with E-state index in [1.807, 2.05) is 60.7 Å². The van der Waals surface area contributed by atoms with E-state index in [1.165, 1.54) is 22.7 Å². The van der Waals surface area contributed by atoms with Crippen molar-refractivity contribution in [3.8, 4) is 0 Å². The molecule has 0 saturated carbocycles. The summed E-state index contributed by atoms with van der Waals surface area (Å²) < 4.78 is 6.20. The molecule has 31 heavy (non-hydrogen) atoms. The van der Waals surface area contributed by atoms with Crippen LogP contribution in [0.3, 0.4) is 0 Å². The molecule has 160 valence electrons. The van der Waals surface area contributed by atoms with E-state index in [9.17, 15) is 14.4 Å². The van der Waals surface area contributed by atoms with E-state index in [-0.39, 0.29) is 31.2 Å². The molecule has 8 nitrogen and oxygen atoms in total. The second kappa shape index (κ2) is 10.2. The molecule has 0 unspecified atom stereocenters. The van der Waals surface area contributed by atoms with Gasteiger partial charge in [-0.1, -0.05) is 60.7 Å². The molecule has 3 aromatic rings. The third-order valence-electron chi connectivity index (χ3n) is 4.67. The van der Waals surface area contributed by atoms with Crippen molar-refractivity contribution in [1.29, 1.82) is 0 Å². The van der Waals surface area contributed by atoms with Gasteiger partial charge in [-0.3, -0.25) is 24.0 Å². The Balaban J connectivity index is 2.06. The van der Waals surface area contributed by atoms with Crippen LogP contribution in [0.1, 0.15) is 11.1 Å². The van der Waals surface area contributed by atoms with Gasteiger partial charge in [-0.05, 0) is 17.2 Å². The van der Waals surface area contributed by atoms with Crippen molar-refractivity contribution in [2.45, 2.75) is 13.1 Å². The SMILES string of the molecule is COCCn1c(N)c(N(Cc2ccccc2)C(=O)/C=C/c2ccccc2)c(=O)[nH]c1=O. The fourth-order valence-corrected chi connectivity index (χ4v) is 3.10. The average molecular weight is 420 g/mol. The molecule has 0 aliphatic carbocycles. The highest BCUT2D eigenvalue weighted by molar-refractivity contribution is 6.05. The van der Waals surface area contributed by atoms with Gasteiger partial charge in [0, 0.05) is 13.2 Å². The minimum atomic E-state index is -0.728. The maximum Gasteiger partial charge on any atom is 0.330 e. The number of nitrogens with one attached hydrogen (secondary N) is 1. The number of rotatable bonds is 8. The molecule has 0 radical (unpaired) electrons. The van der Waals surface area contributed by atoms with Gasteiger partial charge in [-0.25, -0.2) is 4.79 Å². The summed E-state index contributed by atoms with van der Waals surface area (Å²) in [6, 6.07) is 18.5. The molecule has 1 amide bonds. The molecule has 3 N–H and O–H groups in total. The summed E-state index contributed by atoms with van der Waals surface area (Å²) in [6.07, 6.45) is 3.04. The normalized spacial score (nSPS) is 11.0. The number of nitrogen functional groups attached to an aromatic ring is 1. The smallest absolute Gasteiger partial charge is 0.330 e. The largest absolute Gasteiger partial charge is 0.383 e. The summed E-state index contributed by atoms with van der Waals surface area (Å²) in [5, 5.41) is 0. The molecular formula is C23H24N4O4. The van der Waals surface area contributed by atoms with Gasteiger partial charge in [0.05, 0.1) is 19.7 Å². The number of H-pyrrole nitrogens is 1. The van der Waals surface area contributed by atoms with Gasteiger partial charge in [-0.15, -0.1) is 0 Å². The fourth-order valence-electron chi connectivity index (χ4n) is 3.10. The van der Waals surface area contributed by atoms with Crippen molar-refractivity contribution in [2.75, 3.05) is 24.4 Å². The molecule has 0 aliphatic rings. The van der Waals surface area contributed by atoms with Crippen LogP contribution >= 0.6 is 0 Å². The van der Waals surface area contributed by atoms with E-state index in [4.69, 9.17) is 10.5 Å². The maximum absolute atomic E-state index is 13.2. The lowest BCUT2D eigenvalue weighted by molar-refractivity contribution is -0.114. The highest BCUT2D eigenvalue weighted by Gasteiger charge is 2.23. The number of aromatic nitrogens is 2. The van der Waals surface area contributed by atoms with E-state index >= 15 is 0 Å². The molecule has 0 atom stereocenters. The Labute approximate surface area is 179 Å². The molecule has 3 rings (SSSR count). The first kappa shape index (κ1) is 21.8. The molecule has 1 heterocycles. The third-order valence-corrected chi connectivity index (χ3v) is 4.67. The van der Waals surface area contributed by atoms with Crippen LogP contribution in [0.2, 0.25) is 0 Å². The van der Waals surface area contributed by atoms with Crippen molar-refractivity contribution in [3.05, 3.63) is 98.7 Å². The van der Waals surface area contributed by atoms with Gasteiger partial charge < -0.3 is 10.5 Å². The quantitative estimate of drug-likeness (QED) is 0.542. The van der Waals surface area contributed by atoms with Gasteiger partial charge in [-0.2, -0.15) is 0 Å². The Bertz CT molecular complexity index is 1170. The van der Waals surface area contributed by atoms with Gasteiger partial charge in [0.15, 0.2) is 5.69 Å². The van der Waals surface area contributed by atoms with Gasteiger partial charge in [0.25, 0.3) is 11.5 Å². The zero-order chi connectivity index (χ0) is 22.2.